The van der Waals surface area contributed by atoms with Crippen LogP contribution in [0.1, 0.15) is 24.5 Å². The lowest BCUT2D eigenvalue weighted by molar-refractivity contribution is -0.130. The molecule has 0 saturated carbocycles. The van der Waals surface area contributed by atoms with Crippen LogP contribution >= 0.6 is 0 Å². The predicted molar refractivity (Wildman–Crippen MR) is 115 cm³/mol. The molecule has 1 amide bonds. The molecule has 1 atom stereocenters. The summed E-state index contributed by atoms with van der Waals surface area (Å²) in [6, 6.07) is 14.6. The van der Waals surface area contributed by atoms with Gasteiger partial charge in [-0.15, -0.1) is 0 Å². The van der Waals surface area contributed by atoms with Gasteiger partial charge in [-0.25, -0.2) is 8.42 Å². The SMILES string of the molecule is C[C@@H]1Cc2cc(CN(C)C(=O)CCS(=O)(=O)c3cccc4cccnc34)ccc2O1. The highest BCUT2D eigenvalue weighted by molar-refractivity contribution is 7.91. The van der Waals surface area contributed by atoms with Crippen LogP contribution in [-0.4, -0.2) is 43.1 Å². The lowest BCUT2D eigenvalue weighted by atomic mass is 10.1. The van der Waals surface area contributed by atoms with Crippen molar-refractivity contribution in [3.05, 3.63) is 65.9 Å². The van der Waals surface area contributed by atoms with E-state index in [2.05, 4.69) is 11.1 Å². The van der Waals surface area contributed by atoms with Crippen LogP contribution in [0.5, 0.6) is 5.75 Å². The van der Waals surface area contributed by atoms with E-state index in [0.717, 1.165) is 28.7 Å². The minimum atomic E-state index is -3.63. The lowest BCUT2D eigenvalue weighted by Gasteiger charge is -2.18. The number of nitrogens with zero attached hydrogens (tertiary/aromatic N) is 2. The maximum Gasteiger partial charge on any atom is 0.223 e. The Kier molecular flexibility index (Phi) is 5.47. The van der Waals surface area contributed by atoms with E-state index in [1.54, 1.807) is 36.3 Å². The first-order valence-electron chi connectivity index (χ1n) is 9.92. The Balaban J connectivity index is 1.42. The number of pyridine rings is 1. The van der Waals surface area contributed by atoms with Gasteiger partial charge in [0.25, 0.3) is 0 Å². The molecular weight excluding hydrogens is 400 g/mol. The van der Waals surface area contributed by atoms with Crippen molar-refractivity contribution in [2.45, 2.75) is 37.3 Å². The van der Waals surface area contributed by atoms with Crippen molar-refractivity contribution in [2.75, 3.05) is 12.8 Å². The number of carbonyl (C=O) groups is 1. The van der Waals surface area contributed by atoms with Gasteiger partial charge in [-0.05, 0) is 36.2 Å². The highest BCUT2D eigenvalue weighted by Gasteiger charge is 2.22. The van der Waals surface area contributed by atoms with E-state index in [9.17, 15) is 13.2 Å². The number of ether oxygens (including phenoxy) is 1. The van der Waals surface area contributed by atoms with Crippen molar-refractivity contribution in [1.29, 1.82) is 0 Å². The summed E-state index contributed by atoms with van der Waals surface area (Å²) in [6.45, 7) is 2.46. The number of carbonyl (C=O) groups excluding carboxylic acids is 1. The van der Waals surface area contributed by atoms with Crippen molar-refractivity contribution in [1.82, 2.24) is 9.88 Å². The van der Waals surface area contributed by atoms with Gasteiger partial charge in [-0.2, -0.15) is 0 Å². The molecule has 0 fully saturated rings. The molecule has 2 heterocycles. The highest BCUT2D eigenvalue weighted by Crippen LogP contribution is 2.29. The van der Waals surface area contributed by atoms with Gasteiger partial charge < -0.3 is 9.64 Å². The molecule has 7 heteroatoms. The summed E-state index contributed by atoms with van der Waals surface area (Å²) in [5.41, 5.74) is 2.59. The van der Waals surface area contributed by atoms with E-state index in [1.165, 1.54) is 0 Å². The number of para-hydroxylation sites is 1. The molecule has 0 saturated heterocycles. The molecule has 1 aromatic heterocycles. The summed E-state index contributed by atoms with van der Waals surface area (Å²) in [5, 5.41) is 0.761. The third kappa shape index (κ3) is 4.16. The van der Waals surface area contributed by atoms with E-state index in [4.69, 9.17) is 4.74 Å². The van der Waals surface area contributed by atoms with Crippen molar-refractivity contribution in [3.8, 4) is 5.75 Å². The topological polar surface area (TPSA) is 76.6 Å². The van der Waals surface area contributed by atoms with Gasteiger partial charge in [-0.3, -0.25) is 9.78 Å². The van der Waals surface area contributed by atoms with Crippen LogP contribution in [0.15, 0.2) is 59.6 Å². The summed E-state index contributed by atoms with van der Waals surface area (Å²) in [4.78, 5) is 18.5. The van der Waals surface area contributed by atoms with Crippen LogP contribution in [0, 0.1) is 0 Å². The number of hydrogen-bond donors (Lipinski definition) is 0. The maximum atomic E-state index is 12.9. The summed E-state index contributed by atoms with van der Waals surface area (Å²) in [5.74, 6) is 0.438. The zero-order valence-corrected chi connectivity index (χ0v) is 17.9. The van der Waals surface area contributed by atoms with Gasteiger partial charge in [0.05, 0.1) is 16.2 Å². The van der Waals surface area contributed by atoms with E-state index >= 15 is 0 Å². The Hall–Kier alpha value is -2.93. The standard InChI is InChI=1S/C23H24N2O4S/c1-16-13-19-14-17(8-9-20(19)29-16)15-25(2)22(26)10-12-30(27,28)21-7-3-5-18-6-4-11-24-23(18)21/h3-9,11,14,16H,10,12-13,15H2,1-2H3/t16-/m1/s1. The highest BCUT2D eigenvalue weighted by atomic mass is 32.2. The van der Waals surface area contributed by atoms with Gasteiger partial charge in [0, 0.05) is 38.0 Å². The fourth-order valence-electron chi connectivity index (χ4n) is 3.79. The lowest BCUT2D eigenvalue weighted by Crippen LogP contribution is -2.28. The summed E-state index contributed by atoms with van der Waals surface area (Å²) >= 11 is 0. The van der Waals surface area contributed by atoms with Crippen LogP contribution in [0.25, 0.3) is 10.9 Å². The second-order valence-corrected chi connectivity index (χ2v) is 9.80. The van der Waals surface area contributed by atoms with Gasteiger partial charge in [0.2, 0.25) is 5.91 Å². The second-order valence-electron chi connectivity index (χ2n) is 7.72. The zero-order valence-electron chi connectivity index (χ0n) is 17.0. The monoisotopic (exact) mass is 424 g/mol. The Labute approximate surface area is 176 Å². The van der Waals surface area contributed by atoms with Crippen LogP contribution in [0.3, 0.4) is 0 Å². The van der Waals surface area contributed by atoms with Gasteiger partial charge in [0.1, 0.15) is 11.9 Å². The first kappa shape index (κ1) is 20.3. The second kappa shape index (κ2) is 8.07. The number of hydrogen-bond acceptors (Lipinski definition) is 5. The van der Waals surface area contributed by atoms with Crippen LogP contribution in [-0.2, 0) is 27.6 Å². The first-order chi connectivity index (χ1) is 14.3. The van der Waals surface area contributed by atoms with E-state index in [1.807, 2.05) is 31.2 Å². The predicted octanol–water partition coefficient (Wildman–Crippen LogP) is 3.38. The first-order valence-corrected chi connectivity index (χ1v) is 11.6. The molecule has 0 bridgehead atoms. The minimum Gasteiger partial charge on any atom is -0.490 e. The Morgan fingerprint density at radius 2 is 2.00 bits per heavy atom. The molecule has 1 aliphatic rings. The van der Waals surface area contributed by atoms with Crippen molar-refractivity contribution < 1.29 is 17.9 Å². The summed E-state index contributed by atoms with van der Waals surface area (Å²) in [7, 11) is -1.93. The van der Waals surface area contributed by atoms with E-state index in [0.29, 0.717) is 12.1 Å². The fraction of sp³-hybridized carbons (Fsp3) is 0.304. The molecule has 0 spiro atoms. The number of rotatable bonds is 6. The molecule has 0 N–H and O–H groups in total. The van der Waals surface area contributed by atoms with E-state index < -0.39 is 9.84 Å². The third-order valence-electron chi connectivity index (χ3n) is 5.32. The van der Waals surface area contributed by atoms with Crippen LogP contribution in [0.2, 0.25) is 0 Å². The number of amides is 1. The number of aromatic nitrogens is 1. The molecule has 2 aromatic carbocycles. The van der Waals surface area contributed by atoms with Crippen LogP contribution < -0.4 is 4.74 Å². The molecule has 4 rings (SSSR count). The molecule has 0 unspecified atom stereocenters. The van der Waals surface area contributed by atoms with E-state index in [-0.39, 0.29) is 29.1 Å². The molecular formula is C23H24N2O4S. The average Bonchev–Trinajstić information content (AvgIpc) is 3.10. The van der Waals surface area contributed by atoms with Crippen LogP contribution in [0.4, 0.5) is 0 Å². The molecule has 30 heavy (non-hydrogen) atoms. The van der Waals surface area contributed by atoms with Gasteiger partial charge in [0.15, 0.2) is 9.84 Å². The molecule has 0 radical (unpaired) electrons. The zero-order chi connectivity index (χ0) is 21.3. The fourth-order valence-corrected chi connectivity index (χ4v) is 5.20. The Bertz CT molecular complexity index is 1200. The van der Waals surface area contributed by atoms with Gasteiger partial charge >= 0.3 is 0 Å². The van der Waals surface area contributed by atoms with Crippen molar-refractivity contribution in [3.63, 3.8) is 0 Å². The molecule has 3 aromatic rings. The Morgan fingerprint density at radius 1 is 1.20 bits per heavy atom. The number of benzene rings is 2. The molecule has 1 aliphatic heterocycles. The van der Waals surface area contributed by atoms with Crippen molar-refractivity contribution in [2.24, 2.45) is 0 Å². The smallest absolute Gasteiger partial charge is 0.223 e. The quantitative estimate of drug-likeness (QED) is 0.606. The van der Waals surface area contributed by atoms with Gasteiger partial charge in [-0.1, -0.05) is 30.3 Å². The Morgan fingerprint density at radius 3 is 2.83 bits per heavy atom. The maximum absolute atomic E-state index is 12.9. The average molecular weight is 425 g/mol. The third-order valence-corrected chi connectivity index (χ3v) is 7.06. The largest absolute Gasteiger partial charge is 0.490 e. The van der Waals surface area contributed by atoms with Crippen molar-refractivity contribution >= 4 is 26.6 Å². The normalized spacial score (nSPS) is 15.6. The molecule has 6 nitrogen and oxygen atoms in total. The molecule has 0 aliphatic carbocycles. The summed E-state index contributed by atoms with van der Waals surface area (Å²) in [6.07, 6.45) is 2.52. The minimum absolute atomic E-state index is 0.0762. The number of sulfone groups is 1. The molecule has 156 valence electrons. The summed E-state index contributed by atoms with van der Waals surface area (Å²) < 4.78 is 31.4. The number of fused-ring (bicyclic) bond motifs is 2.